The first kappa shape index (κ1) is 16.9. The number of imide groups is 1. The van der Waals surface area contributed by atoms with Crippen LogP contribution >= 0.6 is 0 Å². The SMILES string of the molecule is C=C(C)COC(=O)C1(C)CCCN(C(=O)c2ccccc2)C1=O. The van der Waals surface area contributed by atoms with Gasteiger partial charge < -0.3 is 4.74 Å². The maximum absolute atomic E-state index is 12.7. The monoisotopic (exact) mass is 315 g/mol. The first-order valence-electron chi connectivity index (χ1n) is 7.59. The highest BCUT2D eigenvalue weighted by Crippen LogP contribution is 2.33. The molecule has 1 saturated heterocycles. The third-order valence-electron chi connectivity index (χ3n) is 3.94. The van der Waals surface area contributed by atoms with Crippen LogP contribution in [0.25, 0.3) is 0 Å². The molecule has 5 heteroatoms. The summed E-state index contributed by atoms with van der Waals surface area (Å²) in [6.45, 7) is 7.35. The molecule has 2 amide bonds. The van der Waals surface area contributed by atoms with Crippen molar-refractivity contribution in [3.8, 4) is 0 Å². The molecule has 0 bridgehead atoms. The summed E-state index contributed by atoms with van der Waals surface area (Å²) in [5.74, 6) is -1.48. The van der Waals surface area contributed by atoms with Crippen molar-refractivity contribution in [1.29, 1.82) is 0 Å². The second kappa shape index (κ2) is 6.77. The number of hydrogen-bond acceptors (Lipinski definition) is 4. The Balaban J connectivity index is 2.19. The molecule has 1 aliphatic rings. The Morgan fingerprint density at radius 2 is 1.96 bits per heavy atom. The van der Waals surface area contributed by atoms with Gasteiger partial charge in [0.05, 0.1) is 0 Å². The van der Waals surface area contributed by atoms with Crippen molar-refractivity contribution in [1.82, 2.24) is 4.90 Å². The summed E-state index contributed by atoms with van der Waals surface area (Å²) in [4.78, 5) is 38.7. The maximum atomic E-state index is 12.7. The van der Waals surface area contributed by atoms with Gasteiger partial charge >= 0.3 is 5.97 Å². The minimum atomic E-state index is -1.32. The van der Waals surface area contributed by atoms with Crippen LogP contribution in [-0.2, 0) is 14.3 Å². The minimum Gasteiger partial charge on any atom is -0.460 e. The highest BCUT2D eigenvalue weighted by Gasteiger charge is 2.49. The first-order valence-corrected chi connectivity index (χ1v) is 7.59. The average molecular weight is 315 g/mol. The van der Waals surface area contributed by atoms with E-state index in [2.05, 4.69) is 6.58 Å². The van der Waals surface area contributed by atoms with Crippen LogP contribution in [0.2, 0.25) is 0 Å². The van der Waals surface area contributed by atoms with E-state index in [4.69, 9.17) is 4.74 Å². The second-order valence-corrected chi connectivity index (χ2v) is 6.10. The largest absolute Gasteiger partial charge is 0.460 e. The van der Waals surface area contributed by atoms with E-state index in [0.29, 0.717) is 30.5 Å². The summed E-state index contributed by atoms with van der Waals surface area (Å²) in [7, 11) is 0. The lowest BCUT2D eigenvalue weighted by Crippen LogP contribution is -2.53. The highest BCUT2D eigenvalue weighted by atomic mass is 16.5. The zero-order valence-corrected chi connectivity index (χ0v) is 13.5. The number of amides is 2. The fraction of sp³-hybridized carbons (Fsp3) is 0.389. The molecular weight excluding hydrogens is 294 g/mol. The molecule has 0 spiro atoms. The second-order valence-electron chi connectivity index (χ2n) is 6.10. The predicted octanol–water partition coefficient (Wildman–Crippen LogP) is 2.57. The van der Waals surface area contributed by atoms with E-state index in [0.717, 1.165) is 4.90 Å². The highest BCUT2D eigenvalue weighted by molar-refractivity contribution is 6.12. The van der Waals surface area contributed by atoms with E-state index in [1.54, 1.807) is 44.2 Å². The van der Waals surface area contributed by atoms with Gasteiger partial charge in [0.1, 0.15) is 12.0 Å². The van der Waals surface area contributed by atoms with Gasteiger partial charge in [0.15, 0.2) is 0 Å². The normalized spacial score (nSPS) is 21.0. The fourth-order valence-electron chi connectivity index (χ4n) is 2.56. The summed E-state index contributed by atoms with van der Waals surface area (Å²) in [5, 5.41) is 0. The molecule has 0 aromatic heterocycles. The van der Waals surface area contributed by atoms with Crippen molar-refractivity contribution in [3.05, 3.63) is 48.0 Å². The molecular formula is C18H21NO4. The van der Waals surface area contributed by atoms with E-state index >= 15 is 0 Å². The van der Waals surface area contributed by atoms with E-state index < -0.39 is 17.3 Å². The Kier molecular flexibility index (Phi) is 4.98. The number of esters is 1. The maximum Gasteiger partial charge on any atom is 0.321 e. The molecule has 0 aliphatic carbocycles. The Labute approximate surface area is 135 Å². The Hall–Kier alpha value is -2.43. The summed E-state index contributed by atoms with van der Waals surface area (Å²) in [5.41, 5.74) is -0.194. The number of ether oxygens (including phenoxy) is 1. The van der Waals surface area contributed by atoms with Crippen molar-refractivity contribution in [3.63, 3.8) is 0 Å². The molecule has 1 aromatic rings. The summed E-state index contributed by atoms with van der Waals surface area (Å²) in [6, 6.07) is 8.58. The van der Waals surface area contributed by atoms with Crippen LogP contribution < -0.4 is 0 Å². The number of hydrogen-bond donors (Lipinski definition) is 0. The number of nitrogens with zero attached hydrogens (tertiary/aromatic N) is 1. The van der Waals surface area contributed by atoms with Crippen LogP contribution in [0.1, 0.15) is 37.0 Å². The van der Waals surface area contributed by atoms with E-state index in [9.17, 15) is 14.4 Å². The molecule has 5 nitrogen and oxygen atoms in total. The van der Waals surface area contributed by atoms with Gasteiger partial charge in [0, 0.05) is 12.1 Å². The molecule has 1 unspecified atom stereocenters. The first-order chi connectivity index (χ1) is 10.9. The minimum absolute atomic E-state index is 0.0777. The van der Waals surface area contributed by atoms with Crippen molar-refractivity contribution in [2.75, 3.05) is 13.2 Å². The van der Waals surface area contributed by atoms with Gasteiger partial charge in [0.25, 0.3) is 5.91 Å². The van der Waals surface area contributed by atoms with Gasteiger partial charge in [-0.25, -0.2) is 0 Å². The Morgan fingerprint density at radius 3 is 2.57 bits per heavy atom. The van der Waals surface area contributed by atoms with Crippen molar-refractivity contribution in [2.24, 2.45) is 5.41 Å². The number of carbonyl (C=O) groups excluding carboxylic acids is 3. The van der Waals surface area contributed by atoms with Gasteiger partial charge in [-0.3, -0.25) is 19.3 Å². The van der Waals surface area contributed by atoms with Crippen molar-refractivity contribution < 1.29 is 19.1 Å². The predicted molar refractivity (Wildman–Crippen MR) is 85.6 cm³/mol. The Morgan fingerprint density at radius 1 is 1.30 bits per heavy atom. The lowest BCUT2D eigenvalue weighted by atomic mass is 9.80. The van der Waals surface area contributed by atoms with E-state index in [1.807, 2.05) is 0 Å². The summed E-state index contributed by atoms with van der Waals surface area (Å²) in [6.07, 6.45) is 0.947. The summed E-state index contributed by atoms with van der Waals surface area (Å²) >= 11 is 0. The van der Waals surface area contributed by atoms with Crippen LogP contribution in [0.4, 0.5) is 0 Å². The van der Waals surface area contributed by atoms with Gasteiger partial charge in [-0.15, -0.1) is 0 Å². The van der Waals surface area contributed by atoms with Crippen LogP contribution in [-0.4, -0.2) is 35.8 Å². The van der Waals surface area contributed by atoms with Crippen LogP contribution in [0.15, 0.2) is 42.5 Å². The van der Waals surface area contributed by atoms with Crippen LogP contribution in [0.5, 0.6) is 0 Å². The molecule has 2 rings (SSSR count). The van der Waals surface area contributed by atoms with E-state index in [-0.39, 0.29) is 12.5 Å². The van der Waals surface area contributed by atoms with Gasteiger partial charge in [0.2, 0.25) is 5.91 Å². The zero-order chi connectivity index (χ0) is 17.0. The number of rotatable bonds is 4. The quantitative estimate of drug-likeness (QED) is 0.371. The average Bonchev–Trinajstić information content (AvgIpc) is 2.55. The van der Waals surface area contributed by atoms with Gasteiger partial charge in [-0.2, -0.15) is 0 Å². The van der Waals surface area contributed by atoms with Crippen molar-refractivity contribution in [2.45, 2.75) is 26.7 Å². The third-order valence-corrected chi connectivity index (χ3v) is 3.94. The molecule has 0 N–H and O–H groups in total. The standard InChI is InChI=1S/C18H21NO4/c1-13(2)12-23-17(22)18(3)10-7-11-19(16(18)21)15(20)14-8-5-4-6-9-14/h4-6,8-9H,1,7,10-12H2,2-3H3. The van der Waals surface area contributed by atoms with Gasteiger partial charge in [-0.1, -0.05) is 24.8 Å². The van der Waals surface area contributed by atoms with E-state index in [1.165, 1.54) is 0 Å². The molecule has 0 radical (unpaired) electrons. The Bertz CT molecular complexity index is 638. The molecule has 1 fully saturated rings. The zero-order valence-electron chi connectivity index (χ0n) is 13.5. The van der Waals surface area contributed by atoms with Crippen LogP contribution in [0, 0.1) is 5.41 Å². The smallest absolute Gasteiger partial charge is 0.321 e. The summed E-state index contributed by atoms with van der Waals surface area (Å²) < 4.78 is 5.15. The third kappa shape index (κ3) is 3.50. The molecule has 122 valence electrons. The molecule has 1 heterocycles. The number of likely N-dealkylation sites (tertiary alicyclic amines) is 1. The number of piperidine rings is 1. The lowest BCUT2D eigenvalue weighted by molar-refractivity contribution is -0.165. The molecule has 1 atom stereocenters. The van der Waals surface area contributed by atoms with Crippen LogP contribution in [0.3, 0.4) is 0 Å². The molecule has 1 aliphatic heterocycles. The molecule has 1 aromatic carbocycles. The van der Waals surface area contributed by atoms with Crippen molar-refractivity contribution >= 4 is 17.8 Å². The topological polar surface area (TPSA) is 63.7 Å². The fourth-order valence-corrected chi connectivity index (χ4v) is 2.56. The lowest BCUT2D eigenvalue weighted by Gasteiger charge is -2.36. The van der Waals surface area contributed by atoms with Gasteiger partial charge in [-0.05, 0) is 44.4 Å². The number of benzene rings is 1. The molecule has 0 saturated carbocycles. The number of carbonyl (C=O) groups is 3. The molecule has 23 heavy (non-hydrogen) atoms.